The lowest BCUT2D eigenvalue weighted by Crippen LogP contribution is -2.38. The first-order valence-corrected chi connectivity index (χ1v) is 13.6. The van der Waals surface area contributed by atoms with Crippen LogP contribution in [0.1, 0.15) is 42.0 Å². The number of hydrogen-bond donors (Lipinski definition) is 1. The molecule has 3 aromatic carbocycles. The van der Waals surface area contributed by atoms with Gasteiger partial charge in [0.2, 0.25) is 5.91 Å². The number of pyridine rings is 1. The molecule has 0 saturated carbocycles. The molecule has 0 unspecified atom stereocenters. The van der Waals surface area contributed by atoms with Crippen molar-refractivity contribution in [2.75, 3.05) is 16.2 Å². The lowest BCUT2D eigenvalue weighted by molar-refractivity contribution is -0.114. The zero-order chi connectivity index (χ0) is 26.4. The maximum Gasteiger partial charge on any atom is 0.264 e. The van der Waals surface area contributed by atoms with E-state index in [1.807, 2.05) is 55.5 Å². The highest BCUT2D eigenvalue weighted by molar-refractivity contribution is 7.92. The Morgan fingerprint density at radius 1 is 0.838 bits per heavy atom. The van der Waals surface area contributed by atoms with Gasteiger partial charge < -0.3 is 5.32 Å². The summed E-state index contributed by atoms with van der Waals surface area (Å²) in [4.78, 5) is 17.2. The second kappa shape index (κ2) is 11.4. The fourth-order valence-electron chi connectivity index (χ4n) is 3.95. The Morgan fingerprint density at radius 3 is 2.03 bits per heavy atom. The Labute approximate surface area is 219 Å². The third-order valence-electron chi connectivity index (χ3n) is 6.14. The maximum absolute atomic E-state index is 13.6. The lowest BCUT2D eigenvalue weighted by atomic mass is 10.0. The van der Waals surface area contributed by atoms with Crippen LogP contribution >= 0.6 is 0 Å². The first kappa shape index (κ1) is 26.1. The molecular weight excluding hydrogens is 482 g/mol. The fraction of sp³-hybridized carbons (Fsp3) is 0.200. The Morgan fingerprint density at radius 2 is 1.43 bits per heavy atom. The van der Waals surface area contributed by atoms with Crippen LogP contribution in [0.15, 0.2) is 102 Å². The molecule has 0 saturated heterocycles. The van der Waals surface area contributed by atoms with Crippen molar-refractivity contribution < 1.29 is 13.2 Å². The molecule has 0 atom stereocenters. The van der Waals surface area contributed by atoms with E-state index in [2.05, 4.69) is 24.1 Å². The van der Waals surface area contributed by atoms with Gasteiger partial charge in [-0.2, -0.15) is 0 Å². The summed E-state index contributed by atoms with van der Waals surface area (Å²) in [5.74, 6) is -0.119. The molecule has 1 heterocycles. The van der Waals surface area contributed by atoms with Crippen LogP contribution in [0, 0.1) is 6.92 Å². The van der Waals surface area contributed by atoms with Gasteiger partial charge in [-0.3, -0.25) is 14.1 Å². The van der Waals surface area contributed by atoms with Crippen molar-refractivity contribution in [2.45, 2.75) is 38.0 Å². The van der Waals surface area contributed by atoms with Gasteiger partial charge in [0.15, 0.2) is 0 Å². The predicted molar refractivity (Wildman–Crippen MR) is 148 cm³/mol. The number of nitrogens with zero attached hydrogens (tertiary/aromatic N) is 2. The highest BCUT2D eigenvalue weighted by Crippen LogP contribution is 2.26. The van der Waals surface area contributed by atoms with E-state index >= 15 is 0 Å². The van der Waals surface area contributed by atoms with Gasteiger partial charge in [0.25, 0.3) is 10.0 Å². The number of benzene rings is 3. The first-order chi connectivity index (χ1) is 17.7. The van der Waals surface area contributed by atoms with Crippen LogP contribution in [0.5, 0.6) is 0 Å². The molecular formula is C30H31N3O3S. The largest absolute Gasteiger partial charge is 0.325 e. The van der Waals surface area contributed by atoms with Crippen LogP contribution in [-0.4, -0.2) is 25.9 Å². The minimum Gasteiger partial charge on any atom is -0.325 e. The van der Waals surface area contributed by atoms with E-state index < -0.39 is 15.9 Å². The Balaban J connectivity index is 1.54. The van der Waals surface area contributed by atoms with Gasteiger partial charge in [0.1, 0.15) is 6.54 Å². The molecule has 0 aliphatic carbocycles. The fourth-order valence-corrected chi connectivity index (χ4v) is 5.37. The molecule has 4 aromatic rings. The number of aromatic nitrogens is 1. The third-order valence-corrected chi connectivity index (χ3v) is 7.93. The number of carbonyl (C=O) groups is 1. The predicted octanol–water partition coefficient (Wildman–Crippen LogP) is 5.94. The smallest absolute Gasteiger partial charge is 0.264 e. The first-order valence-electron chi connectivity index (χ1n) is 12.2. The van der Waals surface area contributed by atoms with E-state index in [0.29, 0.717) is 17.3 Å². The topological polar surface area (TPSA) is 79.4 Å². The van der Waals surface area contributed by atoms with E-state index in [0.717, 1.165) is 33.0 Å². The summed E-state index contributed by atoms with van der Waals surface area (Å²) in [5, 5.41) is 2.84. The Bertz CT molecular complexity index is 1430. The highest BCUT2D eigenvalue weighted by Gasteiger charge is 2.27. The van der Waals surface area contributed by atoms with Crippen molar-refractivity contribution in [1.82, 2.24) is 4.98 Å². The summed E-state index contributed by atoms with van der Waals surface area (Å²) >= 11 is 0. The quantitative estimate of drug-likeness (QED) is 0.300. The molecule has 4 rings (SSSR count). The molecule has 0 aliphatic heterocycles. The number of amides is 1. The average molecular weight is 514 g/mol. The molecule has 6 nitrogen and oxygen atoms in total. The van der Waals surface area contributed by atoms with E-state index in [9.17, 15) is 13.2 Å². The summed E-state index contributed by atoms with van der Waals surface area (Å²) < 4.78 is 28.4. The van der Waals surface area contributed by atoms with Crippen molar-refractivity contribution in [1.29, 1.82) is 0 Å². The molecule has 0 fully saturated rings. The van der Waals surface area contributed by atoms with Gasteiger partial charge in [0, 0.05) is 18.1 Å². The molecule has 0 radical (unpaired) electrons. The number of rotatable bonds is 9. The van der Waals surface area contributed by atoms with Crippen molar-refractivity contribution in [2.24, 2.45) is 0 Å². The van der Waals surface area contributed by atoms with Crippen LogP contribution in [0.25, 0.3) is 0 Å². The molecule has 37 heavy (non-hydrogen) atoms. The number of aryl methyl sites for hydroxylation is 1. The van der Waals surface area contributed by atoms with E-state index in [-0.39, 0.29) is 11.4 Å². The SMILES string of the molecule is Cc1ccc(S(=O)(=O)N(CC(=O)Nc2ccc(Cc3ccncc3)cc2)c2ccc(C(C)C)cc2)cc1. The summed E-state index contributed by atoms with van der Waals surface area (Å²) in [7, 11) is -3.97. The van der Waals surface area contributed by atoms with E-state index in [1.54, 1.807) is 48.8 Å². The van der Waals surface area contributed by atoms with Gasteiger partial charge in [-0.05, 0) is 84.5 Å². The average Bonchev–Trinajstić information content (AvgIpc) is 2.89. The summed E-state index contributed by atoms with van der Waals surface area (Å²) in [6, 6.07) is 25.4. The molecule has 190 valence electrons. The van der Waals surface area contributed by atoms with Crippen LogP contribution in [0.3, 0.4) is 0 Å². The summed E-state index contributed by atoms with van der Waals surface area (Å²) in [5.41, 5.74) is 5.33. The molecule has 1 amide bonds. The molecule has 1 N–H and O–H groups in total. The highest BCUT2D eigenvalue weighted by atomic mass is 32.2. The van der Waals surface area contributed by atoms with Gasteiger partial charge in [-0.1, -0.05) is 55.8 Å². The van der Waals surface area contributed by atoms with Crippen molar-refractivity contribution in [3.05, 3.63) is 120 Å². The second-order valence-corrected chi connectivity index (χ2v) is 11.2. The maximum atomic E-state index is 13.6. The Hall–Kier alpha value is -3.97. The van der Waals surface area contributed by atoms with Gasteiger partial charge in [0.05, 0.1) is 10.6 Å². The number of anilines is 2. The zero-order valence-electron chi connectivity index (χ0n) is 21.3. The molecule has 0 bridgehead atoms. The van der Waals surface area contributed by atoms with Crippen LogP contribution < -0.4 is 9.62 Å². The van der Waals surface area contributed by atoms with Crippen molar-refractivity contribution >= 4 is 27.3 Å². The summed E-state index contributed by atoms with van der Waals surface area (Å²) in [6.45, 7) is 5.70. The number of carbonyl (C=O) groups excluding carboxylic acids is 1. The minimum atomic E-state index is -3.97. The van der Waals surface area contributed by atoms with Gasteiger partial charge >= 0.3 is 0 Å². The van der Waals surface area contributed by atoms with Crippen LogP contribution in [-0.2, 0) is 21.2 Å². The minimum absolute atomic E-state index is 0.138. The summed E-state index contributed by atoms with van der Waals surface area (Å²) in [6.07, 6.45) is 4.28. The Kier molecular flexibility index (Phi) is 8.04. The monoisotopic (exact) mass is 513 g/mol. The standard InChI is InChI=1S/C30H31N3O3S/c1-22(2)26-8-12-28(13-9-26)33(37(35,36)29-14-4-23(3)5-15-29)21-30(34)32-27-10-6-24(7-11-27)20-25-16-18-31-19-17-25/h4-19,22H,20-21H2,1-3H3,(H,32,34). The molecule has 0 spiro atoms. The van der Waals surface area contributed by atoms with Crippen LogP contribution in [0.2, 0.25) is 0 Å². The van der Waals surface area contributed by atoms with E-state index in [1.165, 1.54) is 0 Å². The molecule has 0 aliphatic rings. The van der Waals surface area contributed by atoms with Gasteiger partial charge in [-0.15, -0.1) is 0 Å². The van der Waals surface area contributed by atoms with E-state index in [4.69, 9.17) is 0 Å². The molecule has 7 heteroatoms. The van der Waals surface area contributed by atoms with Crippen molar-refractivity contribution in [3.8, 4) is 0 Å². The van der Waals surface area contributed by atoms with Gasteiger partial charge in [-0.25, -0.2) is 8.42 Å². The number of hydrogen-bond acceptors (Lipinski definition) is 4. The zero-order valence-corrected chi connectivity index (χ0v) is 22.1. The normalized spacial score (nSPS) is 11.4. The molecule has 1 aromatic heterocycles. The lowest BCUT2D eigenvalue weighted by Gasteiger charge is -2.24. The second-order valence-electron chi connectivity index (χ2n) is 9.35. The van der Waals surface area contributed by atoms with Crippen molar-refractivity contribution in [3.63, 3.8) is 0 Å². The third kappa shape index (κ3) is 6.62. The number of nitrogens with one attached hydrogen (secondary N) is 1. The number of sulfonamides is 1. The van der Waals surface area contributed by atoms with Crippen LogP contribution in [0.4, 0.5) is 11.4 Å².